The van der Waals surface area contributed by atoms with Gasteiger partial charge in [-0.3, -0.25) is 19.4 Å². The Morgan fingerprint density at radius 2 is 1.96 bits per heavy atom. The molecular weight excluding hydrogens is 318 g/mol. The van der Waals surface area contributed by atoms with Crippen LogP contribution in [0.5, 0.6) is 0 Å². The lowest BCUT2D eigenvalue weighted by atomic mass is 10.2. The minimum absolute atomic E-state index is 0.280. The first-order chi connectivity index (χ1) is 12.3. The normalized spacial score (nSPS) is 10.6. The van der Waals surface area contributed by atoms with Crippen LogP contribution in [0, 0.1) is 0 Å². The molecule has 0 aliphatic carbocycles. The number of rotatable bonds is 4. The lowest BCUT2D eigenvalue weighted by molar-refractivity contribution is 0.102. The predicted octanol–water partition coefficient (Wildman–Crippen LogP) is 2.30. The van der Waals surface area contributed by atoms with E-state index in [0.29, 0.717) is 17.2 Å². The predicted molar refractivity (Wildman–Crippen MR) is 91.1 cm³/mol. The van der Waals surface area contributed by atoms with Gasteiger partial charge in [-0.15, -0.1) is 0 Å². The highest BCUT2D eigenvalue weighted by Gasteiger charge is 2.10. The maximum absolute atomic E-state index is 12.3. The lowest BCUT2D eigenvalue weighted by Gasteiger charge is -2.04. The van der Waals surface area contributed by atoms with E-state index in [1.165, 1.54) is 6.20 Å². The van der Waals surface area contributed by atoms with E-state index >= 15 is 0 Å². The van der Waals surface area contributed by atoms with Gasteiger partial charge in [-0.05, 0) is 24.3 Å². The molecule has 0 spiro atoms. The van der Waals surface area contributed by atoms with Crippen LogP contribution in [-0.4, -0.2) is 35.6 Å². The third-order valence-corrected chi connectivity index (χ3v) is 3.59. The summed E-state index contributed by atoms with van der Waals surface area (Å²) in [6.45, 7) is 0. The monoisotopic (exact) mass is 331 g/mol. The lowest BCUT2D eigenvalue weighted by Crippen LogP contribution is -2.12. The van der Waals surface area contributed by atoms with E-state index in [-0.39, 0.29) is 5.91 Å². The number of nitrogens with zero attached hydrogens (tertiary/aromatic N) is 5. The summed E-state index contributed by atoms with van der Waals surface area (Å²) in [6.07, 6.45) is 10.0. The van der Waals surface area contributed by atoms with Gasteiger partial charge in [0, 0.05) is 42.6 Å². The topological polar surface area (TPSA) is 101 Å². The van der Waals surface area contributed by atoms with Crippen molar-refractivity contribution in [3.05, 3.63) is 73.2 Å². The average Bonchev–Trinajstić information content (AvgIpc) is 3.35. The summed E-state index contributed by atoms with van der Waals surface area (Å²) >= 11 is 0. The molecule has 25 heavy (non-hydrogen) atoms. The van der Waals surface area contributed by atoms with Crippen LogP contribution in [0.15, 0.2) is 67.6 Å². The van der Waals surface area contributed by atoms with Gasteiger partial charge in [0.15, 0.2) is 5.82 Å². The van der Waals surface area contributed by atoms with Crippen LogP contribution in [0.25, 0.3) is 17.1 Å². The van der Waals surface area contributed by atoms with Crippen LogP contribution < -0.4 is 5.32 Å². The number of aromatic amines is 1. The molecule has 0 atom stereocenters. The van der Waals surface area contributed by atoms with Crippen molar-refractivity contribution in [3.8, 4) is 17.1 Å². The molecule has 0 saturated carbocycles. The van der Waals surface area contributed by atoms with Crippen molar-refractivity contribution in [1.82, 2.24) is 29.7 Å². The molecule has 8 heteroatoms. The number of nitrogens with one attached hydrogen (secondary N) is 2. The Labute approximate surface area is 142 Å². The molecule has 4 heterocycles. The fourth-order valence-corrected chi connectivity index (χ4v) is 2.32. The van der Waals surface area contributed by atoms with Crippen LogP contribution in [0.3, 0.4) is 0 Å². The van der Waals surface area contributed by atoms with Gasteiger partial charge in [-0.1, -0.05) is 0 Å². The van der Waals surface area contributed by atoms with Crippen molar-refractivity contribution in [2.24, 2.45) is 0 Å². The first kappa shape index (κ1) is 14.8. The number of aromatic nitrogens is 6. The first-order valence-electron chi connectivity index (χ1n) is 7.51. The van der Waals surface area contributed by atoms with E-state index in [4.69, 9.17) is 0 Å². The summed E-state index contributed by atoms with van der Waals surface area (Å²) in [4.78, 5) is 24.5. The standard InChI is InChI=1S/C17H13N7O/c25-17(13-1-2-16(20-10-13)24-8-7-19-11-24)21-15-9-14(22-23-15)12-3-5-18-6-4-12/h1-11H,(H2,21,22,23,25). The maximum Gasteiger partial charge on any atom is 0.258 e. The second-order valence-corrected chi connectivity index (χ2v) is 5.23. The Bertz CT molecular complexity index is 976. The molecule has 0 aromatic carbocycles. The minimum atomic E-state index is -0.280. The summed E-state index contributed by atoms with van der Waals surface area (Å²) in [6, 6.07) is 8.94. The highest BCUT2D eigenvalue weighted by molar-refractivity contribution is 6.03. The first-order valence-corrected chi connectivity index (χ1v) is 7.51. The summed E-state index contributed by atoms with van der Waals surface area (Å²) in [7, 11) is 0. The van der Waals surface area contributed by atoms with Gasteiger partial charge in [-0.2, -0.15) is 5.10 Å². The van der Waals surface area contributed by atoms with E-state index in [1.807, 2.05) is 12.1 Å². The highest BCUT2D eigenvalue weighted by Crippen LogP contribution is 2.19. The van der Waals surface area contributed by atoms with Gasteiger partial charge in [-0.25, -0.2) is 9.97 Å². The van der Waals surface area contributed by atoms with E-state index in [9.17, 15) is 4.79 Å². The third-order valence-electron chi connectivity index (χ3n) is 3.59. The molecule has 0 unspecified atom stereocenters. The molecule has 122 valence electrons. The van der Waals surface area contributed by atoms with Crippen molar-refractivity contribution >= 4 is 11.7 Å². The Hall–Kier alpha value is -3.81. The Balaban J connectivity index is 1.48. The third kappa shape index (κ3) is 3.13. The van der Waals surface area contributed by atoms with Gasteiger partial charge < -0.3 is 5.32 Å². The van der Waals surface area contributed by atoms with Crippen LogP contribution in [0.4, 0.5) is 5.82 Å². The molecule has 0 aliphatic rings. The van der Waals surface area contributed by atoms with Crippen LogP contribution >= 0.6 is 0 Å². The fourth-order valence-electron chi connectivity index (χ4n) is 2.32. The van der Waals surface area contributed by atoms with E-state index < -0.39 is 0 Å². The number of imidazole rings is 1. The SMILES string of the molecule is O=C(Nc1cc(-c2ccncc2)[nH]n1)c1ccc(-n2ccnc2)nc1. The van der Waals surface area contributed by atoms with Crippen molar-refractivity contribution < 1.29 is 4.79 Å². The van der Waals surface area contributed by atoms with Gasteiger partial charge in [0.25, 0.3) is 5.91 Å². The van der Waals surface area contributed by atoms with Crippen LogP contribution in [0.1, 0.15) is 10.4 Å². The minimum Gasteiger partial charge on any atom is -0.305 e. The number of carbonyl (C=O) groups excluding carboxylic acids is 1. The molecule has 0 saturated heterocycles. The number of H-pyrrole nitrogens is 1. The van der Waals surface area contributed by atoms with E-state index in [1.54, 1.807) is 53.9 Å². The molecule has 0 bridgehead atoms. The van der Waals surface area contributed by atoms with Crippen LogP contribution in [-0.2, 0) is 0 Å². The largest absolute Gasteiger partial charge is 0.305 e. The molecule has 8 nitrogen and oxygen atoms in total. The van der Waals surface area contributed by atoms with E-state index in [2.05, 4.69) is 30.5 Å². The van der Waals surface area contributed by atoms with Crippen molar-refractivity contribution in [2.45, 2.75) is 0 Å². The van der Waals surface area contributed by atoms with Gasteiger partial charge in [0.1, 0.15) is 12.1 Å². The van der Waals surface area contributed by atoms with Crippen molar-refractivity contribution in [2.75, 3.05) is 5.32 Å². The summed E-state index contributed by atoms with van der Waals surface area (Å²) in [5.74, 6) is 0.849. The second kappa shape index (κ2) is 6.36. The molecule has 1 amide bonds. The molecule has 0 radical (unpaired) electrons. The molecule has 0 aliphatic heterocycles. The second-order valence-electron chi connectivity index (χ2n) is 5.23. The zero-order valence-corrected chi connectivity index (χ0v) is 13.0. The smallest absolute Gasteiger partial charge is 0.258 e. The van der Waals surface area contributed by atoms with Crippen molar-refractivity contribution in [3.63, 3.8) is 0 Å². The number of anilines is 1. The maximum atomic E-state index is 12.3. The van der Waals surface area contributed by atoms with Gasteiger partial charge in [0.2, 0.25) is 0 Å². The highest BCUT2D eigenvalue weighted by atomic mass is 16.1. The summed E-state index contributed by atoms with van der Waals surface area (Å²) in [5, 5.41) is 9.74. The van der Waals surface area contributed by atoms with E-state index in [0.717, 1.165) is 11.3 Å². The Morgan fingerprint density at radius 3 is 2.68 bits per heavy atom. The number of pyridine rings is 2. The number of hydrogen-bond donors (Lipinski definition) is 2. The van der Waals surface area contributed by atoms with Crippen LogP contribution in [0.2, 0.25) is 0 Å². The molecular formula is C17H13N7O. The molecule has 0 fully saturated rings. The summed E-state index contributed by atoms with van der Waals surface area (Å²) < 4.78 is 1.76. The molecule has 4 rings (SSSR count). The number of hydrogen-bond acceptors (Lipinski definition) is 5. The number of carbonyl (C=O) groups is 1. The van der Waals surface area contributed by atoms with Gasteiger partial charge in [0.05, 0.1) is 11.3 Å². The Kier molecular flexibility index (Phi) is 3.76. The summed E-state index contributed by atoms with van der Waals surface area (Å²) in [5.41, 5.74) is 2.18. The molecule has 4 aromatic heterocycles. The zero-order valence-electron chi connectivity index (χ0n) is 13.0. The Morgan fingerprint density at radius 1 is 1.08 bits per heavy atom. The van der Waals surface area contributed by atoms with Gasteiger partial charge >= 0.3 is 0 Å². The number of amides is 1. The fraction of sp³-hybridized carbons (Fsp3) is 0. The molecule has 2 N–H and O–H groups in total. The zero-order chi connectivity index (χ0) is 17.1. The average molecular weight is 331 g/mol. The quantitative estimate of drug-likeness (QED) is 0.597. The van der Waals surface area contributed by atoms with Crippen molar-refractivity contribution in [1.29, 1.82) is 0 Å². The molecule has 4 aromatic rings.